The topological polar surface area (TPSA) is 66.3 Å². The number of para-hydroxylation sites is 1. The molecule has 0 aliphatic heterocycles. The number of methoxy groups -OCH3 is 1. The molecule has 0 radical (unpaired) electrons. The lowest BCUT2D eigenvalue weighted by atomic mass is 10.0. The maximum atomic E-state index is 9.17. The van der Waals surface area contributed by atoms with Crippen molar-refractivity contribution in [1.29, 1.82) is 0 Å². The Hall–Kier alpha value is -1.10. The molecule has 0 aromatic heterocycles. The fraction of sp³-hybridized carbons (Fsp3) is 0.500. The Bertz CT molecular complexity index is 324. The van der Waals surface area contributed by atoms with Gasteiger partial charge in [0, 0.05) is 5.56 Å². The van der Waals surface area contributed by atoms with Crippen LogP contribution < -0.4 is 10.1 Å². The molecule has 0 amide bonds. The summed E-state index contributed by atoms with van der Waals surface area (Å²) in [6.45, 7) is 2.38. The first-order chi connectivity index (χ1) is 7.65. The molecular weight excluding hydrogens is 206 g/mol. The fourth-order valence-corrected chi connectivity index (χ4v) is 1.41. The minimum atomic E-state index is -0.541. The Balaban J connectivity index is 2.67. The molecule has 0 heterocycles. The number of quaternary nitrogens is 1. The second-order valence-electron chi connectivity index (χ2n) is 4.19. The monoisotopic (exact) mass is 226 g/mol. The molecular formula is C12H20NO3+. The molecule has 0 unspecified atom stereocenters. The van der Waals surface area contributed by atoms with Gasteiger partial charge in [-0.2, -0.15) is 0 Å². The maximum Gasteiger partial charge on any atom is 0.140 e. The summed E-state index contributed by atoms with van der Waals surface area (Å²) >= 11 is 0. The molecule has 4 heteroatoms. The average molecular weight is 226 g/mol. The number of aliphatic hydroxyl groups is 2. The van der Waals surface area contributed by atoms with Crippen LogP contribution in [-0.4, -0.2) is 36.1 Å². The van der Waals surface area contributed by atoms with Crippen molar-refractivity contribution in [3.63, 3.8) is 0 Å². The van der Waals surface area contributed by atoms with Crippen LogP contribution in [0.1, 0.15) is 12.5 Å². The van der Waals surface area contributed by atoms with Crippen LogP contribution in [0.2, 0.25) is 0 Å². The first kappa shape index (κ1) is 13.0. The van der Waals surface area contributed by atoms with Crippen molar-refractivity contribution in [3.05, 3.63) is 29.8 Å². The number of nitrogens with two attached hydrogens (primary N) is 1. The summed E-state index contributed by atoms with van der Waals surface area (Å²) in [6, 6.07) is 7.74. The van der Waals surface area contributed by atoms with Gasteiger partial charge in [-0.3, -0.25) is 0 Å². The van der Waals surface area contributed by atoms with Gasteiger partial charge in [-0.25, -0.2) is 0 Å². The third-order valence-electron chi connectivity index (χ3n) is 2.73. The summed E-state index contributed by atoms with van der Waals surface area (Å²) in [5.41, 5.74) is 0.513. The normalized spacial score (nSPS) is 11.5. The van der Waals surface area contributed by atoms with Crippen molar-refractivity contribution < 1.29 is 20.3 Å². The standard InChI is InChI=1S/C12H19NO3/c1-12(8-14,9-15)13-7-10-5-3-4-6-11(10)16-2/h3-6,13-15H,7-9H2,1-2H3/p+1. The average Bonchev–Trinajstić information content (AvgIpc) is 2.36. The lowest BCUT2D eigenvalue weighted by Crippen LogP contribution is -2.97. The lowest BCUT2D eigenvalue weighted by Gasteiger charge is -2.23. The van der Waals surface area contributed by atoms with E-state index in [1.165, 1.54) is 0 Å². The van der Waals surface area contributed by atoms with Gasteiger partial charge < -0.3 is 20.3 Å². The second-order valence-corrected chi connectivity index (χ2v) is 4.19. The van der Waals surface area contributed by atoms with Gasteiger partial charge in [0.2, 0.25) is 0 Å². The molecule has 1 aromatic rings. The largest absolute Gasteiger partial charge is 0.496 e. The highest BCUT2D eigenvalue weighted by molar-refractivity contribution is 5.32. The highest BCUT2D eigenvalue weighted by atomic mass is 16.5. The molecule has 1 rings (SSSR count). The van der Waals surface area contributed by atoms with Crippen LogP contribution in [-0.2, 0) is 6.54 Å². The van der Waals surface area contributed by atoms with Crippen LogP contribution in [0.3, 0.4) is 0 Å². The van der Waals surface area contributed by atoms with E-state index >= 15 is 0 Å². The number of ether oxygens (including phenoxy) is 1. The summed E-state index contributed by atoms with van der Waals surface area (Å²) in [7, 11) is 1.64. The third-order valence-corrected chi connectivity index (χ3v) is 2.73. The van der Waals surface area contributed by atoms with E-state index in [1.807, 2.05) is 36.5 Å². The summed E-state index contributed by atoms with van der Waals surface area (Å²) in [5, 5.41) is 20.3. The minimum Gasteiger partial charge on any atom is -0.496 e. The molecule has 0 bridgehead atoms. The molecule has 0 atom stereocenters. The summed E-state index contributed by atoms with van der Waals surface area (Å²) in [4.78, 5) is 0. The van der Waals surface area contributed by atoms with E-state index in [0.717, 1.165) is 11.3 Å². The molecule has 0 spiro atoms. The molecule has 16 heavy (non-hydrogen) atoms. The quantitative estimate of drug-likeness (QED) is 0.613. The van der Waals surface area contributed by atoms with Crippen LogP contribution in [0.5, 0.6) is 5.75 Å². The van der Waals surface area contributed by atoms with E-state index in [0.29, 0.717) is 6.54 Å². The van der Waals surface area contributed by atoms with Crippen LogP contribution >= 0.6 is 0 Å². The molecule has 1 aromatic carbocycles. The van der Waals surface area contributed by atoms with E-state index in [4.69, 9.17) is 14.9 Å². The first-order valence-corrected chi connectivity index (χ1v) is 5.33. The Kier molecular flexibility index (Phi) is 4.73. The molecule has 4 nitrogen and oxygen atoms in total. The zero-order valence-electron chi connectivity index (χ0n) is 9.81. The number of benzene rings is 1. The number of rotatable bonds is 6. The van der Waals surface area contributed by atoms with Crippen molar-refractivity contribution in [1.82, 2.24) is 0 Å². The molecule has 0 aliphatic carbocycles. The van der Waals surface area contributed by atoms with Crippen molar-refractivity contribution >= 4 is 0 Å². The van der Waals surface area contributed by atoms with Gasteiger partial charge in [-0.05, 0) is 19.1 Å². The van der Waals surface area contributed by atoms with Gasteiger partial charge in [0.05, 0.1) is 20.3 Å². The van der Waals surface area contributed by atoms with Crippen LogP contribution in [0, 0.1) is 0 Å². The van der Waals surface area contributed by atoms with Gasteiger partial charge in [0.15, 0.2) is 0 Å². The fourth-order valence-electron chi connectivity index (χ4n) is 1.41. The van der Waals surface area contributed by atoms with Crippen molar-refractivity contribution in [2.75, 3.05) is 20.3 Å². The van der Waals surface area contributed by atoms with E-state index in [1.54, 1.807) is 7.11 Å². The predicted octanol–water partition coefficient (Wildman–Crippen LogP) is -0.498. The van der Waals surface area contributed by atoms with E-state index in [-0.39, 0.29) is 13.2 Å². The molecule has 0 aliphatic rings. The van der Waals surface area contributed by atoms with Crippen molar-refractivity contribution in [3.8, 4) is 5.75 Å². The number of hydrogen-bond acceptors (Lipinski definition) is 3. The van der Waals surface area contributed by atoms with E-state index in [9.17, 15) is 0 Å². The van der Waals surface area contributed by atoms with Crippen LogP contribution in [0.15, 0.2) is 24.3 Å². The molecule has 0 saturated heterocycles. The minimum absolute atomic E-state index is 0.0569. The zero-order chi connectivity index (χ0) is 12.0. The summed E-state index contributed by atoms with van der Waals surface area (Å²) < 4.78 is 5.23. The smallest absolute Gasteiger partial charge is 0.140 e. The Labute approximate surface area is 95.9 Å². The summed E-state index contributed by atoms with van der Waals surface area (Å²) in [6.07, 6.45) is 0. The highest BCUT2D eigenvalue weighted by Gasteiger charge is 2.26. The first-order valence-electron chi connectivity index (χ1n) is 5.33. The van der Waals surface area contributed by atoms with Crippen LogP contribution in [0.4, 0.5) is 0 Å². The highest BCUT2D eigenvalue weighted by Crippen LogP contribution is 2.15. The van der Waals surface area contributed by atoms with Gasteiger partial charge in [-0.15, -0.1) is 0 Å². The van der Waals surface area contributed by atoms with Crippen LogP contribution in [0.25, 0.3) is 0 Å². The van der Waals surface area contributed by atoms with Gasteiger partial charge in [0.1, 0.15) is 17.8 Å². The molecule has 90 valence electrons. The van der Waals surface area contributed by atoms with Crippen molar-refractivity contribution in [2.45, 2.75) is 19.0 Å². The predicted molar refractivity (Wildman–Crippen MR) is 61.2 cm³/mol. The van der Waals surface area contributed by atoms with Gasteiger partial charge >= 0.3 is 0 Å². The third kappa shape index (κ3) is 3.20. The molecule has 0 fully saturated rings. The maximum absolute atomic E-state index is 9.17. The number of hydrogen-bond donors (Lipinski definition) is 3. The van der Waals surface area contributed by atoms with E-state index in [2.05, 4.69) is 0 Å². The second kappa shape index (κ2) is 5.84. The Morgan fingerprint density at radius 2 is 1.88 bits per heavy atom. The number of aliphatic hydroxyl groups excluding tert-OH is 2. The van der Waals surface area contributed by atoms with Gasteiger partial charge in [0.25, 0.3) is 0 Å². The lowest BCUT2D eigenvalue weighted by molar-refractivity contribution is -0.741. The van der Waals surface area contributed by atoms with Gasteiger partial charge in [-0.1, -0.05) is 12.1 Å². The van der Waals surface area contributed by atoms with Crippen molar-refractivity contribution in [2.24, 2.45) is 0 Å². The SMILES string of the molecule is COc1ccccc1C[NH2+]C(C)(CO)CO. The van der Waals surface area contributed by atoms with E-state index < -0.39 is 5.54 Å². The Morgan fingerprint density at radius 1 is 1.25 bits per heavy atom. The molecule has 0 saturated carbocycles. The Morgan fingerprint density at radius 3 is 2.44 bits per heavy atom. The molecule has 4 N–H and O–H groups in total. The zero-order valence-corrected chi connectivity index (χ0v) is 9.81. The summed E-state index contributed by atoms with van der Waals surface area (Å²) in [5.74, 6) is 0.831.